The van der Waals surface area contributed by atoms with Gasteiger partial charge in [-0.05, 0) is 47.6 Å². The fraction of sp³-hybridized carbons (Fsp3) is 0.214. The van der Waals surface area contributed by atoms with Crippen LogP contribution in [0.3, 0.4) is 0 Å². The number of nitrogens with one attached hydrogen (secondary N) is 2. The zero-order chi connectivity index (χ0) is 14.8. The fourth-order valence-corrected chi connectivity index (χ4v) is 3.66. The van der Waals surface area contributed by atoms with E-state index in [0.29, 0.717) is 22.1 Å². The molecule has 2 heterocycles. The third-order valence-electron chi connectivity index (χ3n) is 3.12. The van der Waals surface area contributed by atoms with Gasteiger partial charge in [0, 0.05) is 10.1 Å². The van der Waals surface area contributed by atoms with E-state index >= 15 is 0 Å². The number of aryl methyl sites for hydroxylation is 1. The molecule has 0 atom stereocenters. The van der Waals surface area contributed by atoms with Crippen molar-refractivity contribution in [3.8, 4) is 0 Å². The molecule has 3 rings (SSSR count). The molecule has 0 aliphatic carbocycles. The maximum absolute atomic E-state index is 12.2. The number of halogens is 1. The second kappa shape index (κ2) is 6.10. The Labute approximate surface area is 139 Å². The van der Waals surface area contributed by atoms with Crippen LogP contribution in [0.2, 0.25) is 0 Å². The third-order valence-corrected chi connectivity index (χ3v) is 5.07. The predicted octanol–water partition coefficient (Wildman–Crippen LogP) is 2.68. The van der Waals surface area contributed by atoms with Crippen LogP contribution in [0.15, 0.2) is 24.3 Å². The Morgan fingerprint density at radius 2 is 2.19 bits per heavy atom. The van der Waals surface area contributed by atoms with Crippen molar-refractivity contribution in [3.63, 3.8) is 0 Å². The van der Waals surface area contributed by atoms with Crippen LogP contribution in [0.1, 0.15) is 32.1 Å². The van der Waals surface area contributed by atoms with E-state index in [4.69, 9.17) is 0 Å². The van der Waals surface area contributed by atoms with E-state index in [0.717, 1.165) is 22.1 Å². The Hall–Kier alpha value is -1.48. The number of carbonyl (C=O) groups excluding carboxylic acids is 2. The molecule has 0 radical (unpaired) electrons. The van der Waals surface area contributed by atoms with Gasteiger partial charge in [0.05, 0.1) is 11.3 Å². The van der Waals surface area contributed by atoms with E-state index in [1.54, 1.807) is 6.07 Å². The van der Waals surface area contributed by atoms with E-state index in [2.05, 4.69) is 38.2 Å². The fourth-order valence-electron chi connectivity index (χ4n) is 2.10. The summed E-state index contributed by atoms with van der Waals surface area (Å²) in [5.74, 6) is -0.306. The highest BCUT2D eigenvalue weighted by Crippen LogP contribution is 2.26. The van der Waals surface area contributed by atoms with Gasteiger partial charge in [-0.25, -0.2) is 4.98 Å². The summed E-state index contributed by atoms with van der Waals surface area (Å²) in [6, 6.07) is 7.35. The van der Waals surface area contributed by atoms with Crippen molar-refractivity contribution in [2.75, 3.05) is 11.9 Å². The number of anilines is 1. The topological polar surface area (TPSA) is 71.1 Å². The van der Waals surface area contributed by atoms with E-state index in [1.807, 2.05) is 18.2 Å². The van der Waals surface area contributed by atoms with Gasteiger partial charge in [-0.1, -0.05) is 23.5 Å². The van der Waals surface area contributed by atoms with E-state index in [1.165, 1.54) is 11.3 Å². The molecule has 5 nitrogen and oxygen atoms in total. The van der Waals surface area contributed by atoms with Crippen molar-refractivity contribution in [2.45, 2.75) is 12.8 Å². The summed E-state index contributed by atoms with van der Waals surface area (Å²) in [5, 5.41) is 6.08. The first-order valence-corrected chi connectivity index (χ1v) is 8.38. The smallest absolute Gasteiger partial charge is 0.263 e. The molecule has 2 amide bonds. The molecule has 2 aromatic rings. The number of nitrogens with zero attached hydrogens (tertiary/aromatic N) is 1. The molecule has 7 heteroatoms. The molecule has 1 aliphatic rings. The number of hydrogen-bond donors (Lipinski definition) is 2. The average molecular weight is 413 g/mol. The van der Waals surface area contributed by atoms with Gasteiger partial charge in [-0.15, -0.1) is 0 Å². The molecule has 1 aromatic carbocycles. The first kappa shape index (κ1) is 14.5. The third kappa shape index (κ3) is 3.08. The monoisotopic (exact) mass is 413 g/mol. The molecule has 0 saturated carbocycles. The Balaban J connectivity index is 1.83. The van der Waals surface area contributed by atoms with Gasteiger partial charge < -0.3 is 5.32 Å². The minimum absolute atomic E-state index is 0.102. The van der Waals surface area contributed by atoms with E-state index < -0.39 is 0 Å². The van der Waals surface area contributed by atoms with E-state index in [9.17, 15) is 9.59 Å². The zero-order valence-electron chi connectivity index (χ0n) is 11.0. The second-order valence-corrected chi connectivity index (χ2v) is 6.75. The Kier molecular flexibility index (Phi) is 4.20. The molecule has 1 aromatic heterocycles. The van der Waals surface area contributed by atoms with Crippen molar-refractivity contribution < 1.29 is 9.59 Å². The number of amides is 2. The lowest BCUT2D eigenvalue weighted by Gasteiger charge is -2.03. The first-order chi connectivity index (χ1) is 10.1. The maximum atomic E-state index is 12.2. The van der Waals surface area contributed by atoms with Gasteiger partial charge in [-0.2, -0.15) is 0 Å². The summed E-state index contributed by atoms with van der Waals surface area (Å²) >= 11 is 3.35. The molecular weight excluding hydrogens is 401 g/mol. The highest BCUT2D eigenvalue weighted by Gasteiger charge is 2.21. The molecule has 1 aliphatic heterocycles. The van der Waals surface area contributed by atoms with Crippen LogP contribution < -0.4 is 10.6 Å². The molecule has 108 valence electrons. The first-order valence-electron chi connectivity index (χ1n) is 6.49. The molecule has 21 heavy (non-hydrogen) atoms. The Morgan fingerprint density at radius 3 is 3.00 bits per heavy atom. The molecular formula is C14H12IN3O2S. The quantitative estimate of drug-likeness (QED) is 0.744. The van der Waals surface area contributed by atoms with Gasteiger partial charge in [0.1, 0.15) is 4.88 Å². The van der Waals surface area contributed by atoms with Crippen molar-refractivity contribution in [2.24, 2.45) is 0 Å². The van der Waals surface area contributed by atoms with Crippen LogP contribution >= 0.6 is 33.9 Å². The maximum Gasteiger partial charge on any atom is 0.263 e. The van der Waals surface area contributed by atoms with Gasteiger partial charge in [-0.3, -0.25) is 14.9 Å². The van der Waals surface area contributed by atoms with Crippen LogP contribution in [-0.2, 0) is 6.42 Å². The number of aromatic nitrogens is 1. The summed E-state index contributed by atoms with van der Waals surface area (Å²) in [5.41, 5.74) is 1.38. The van der Waals surface area contributed by atoms with Crippen LogP contribution in [-0.4, -0.2) is 23.3 Å². The SMILES string of the molecule is O=C(Nc1nc2c(s1)C(=O)NCCC2)c1ccccc1I. The van der Waals surface area contributed by atoms with Crippen LogP contribution in [0.25, 0.3) is 0 Å². The molecule has 0 bridgehead atoms. The summed E-state index contributed by atoms with van der Waals surface area (Å²) in [4.78, 5) is 29.1. The molecule has 0 saturated heterocycles. The number of fused-ring (bicyclic) bond motifs is 1. The van der Waals surface area contributed by atoms with Crippen LogP contribution in [0.5, 0.6) is 0 Å². The number of thiazole rings is 1. The molecule has 0 unspecified atom stereocenters. The summed E-state index contributed by atoms with van der Waals surface area (Å²) in [6.45, 7) is 0.672. The minimum Gasteiger partial charge on any atom is -0.351 e. The van der Waals surface area contributed by atoms with E-state index in [-0.39, 0.29) is 11.8 Å². The van der Waals surface area contributed by atoms with Gasteiger partial charge in [0.25, 0.3) is 11.8 Å². The standard InChI is InChI=1S/C14H12IN3O2S/c15-9-5-2-1-4-8(9)12(19)18-14-17-10-6-3-7-16-13(20)11(10)21-14/h1-2,4-5H,3,6-7H2,(H,16,20)(H,17,18,19). The second-order valence-electron chi connectivity index (χ2n) is 4.59. The lowest BCUT2D eigenvalue weighted by Crippen LogP contribution is -2.21. The molecule has 2 N–H and O–H groups in total. The van der Waals surface area contributed by atoms with Crippen molar-refractivity contribution >= 4 is 50.9 Å². The lowest BCUT2D eigenvalue weighted by atomic mass is 10.2. The number of carbonyl (C=O) groups is 2. The van der Waals surface area contributed by atoms with Crippen LogP contribution in [0.4, 0.5) is 5.13 Å². The summed E-state index contributed by atoms with van der Waals surface area (Å²) < 4.78 is 0.878. The highest BCUT2D eigenvalue weighted by molar-refractivity contribution is 14.1. The largest absolute Gasteiger partial charge is 0.351 e. The van der Waals surface area contributed by atoms with Gasteiger partial charge >= 0.3 is 0 Å². The van der Waals surface area contributed by atoms with Crippen molar-refractivity contribution in [1.82, 2.24) is 10.3 Å². The normalized spacial score (nSPS) is 14.0. The van der Waals surface area contributed by atoms with Crippen molar-refractivity contribution in [3.05, 3.63) is 44.0 Å². The van der Waals surface area contributed by atoms with Crippen molar-refractivity contribution in [1.29, 1.82) is 0 Å². The predicted molar refractivity (Wildman–Crippen MR) is 89.9 cm³/mol. The number of benzene rings is 1. The molecule has 0 fully saturated rings. The summed E-state index contributed by atoms with van der Waals surface area (Å²) in [7, 11) is 0. The van der Waals surface area contributed by atoms with Gasteiger partial charge in [0.15, 0.2) is 5.13 Å². The Morgan fingerprint density at radius 1 is 1.38 bits per heavy atom. The van der Waals surface area contributed by atoms with Gasteiger partial charge in [0.2, 0.25) is 0 Å². The highest BCUT2D eigenvalue weighted by atomic mass is 127. The Bertz CT molecular complexity index is 714. The average Bonchev–Trinajstić information content (AvgIpc) is 2.79. The van der Waals surface area contributed by atoms with Crippen LogP contribution in [0, 0.1) is 3.57 Å². The lowest BCUT2D eigenvalue weighted by molar-refractivity contribution is 0.0958. The number of rotatable bonds is 2. The molecule has 0 spiro atoms. The minimum atomic E-state index is -0.204. The zero-order valence-corrected chi connectivity index (χ0v) is 14.0. The summed E-state index contributed by atoms with van der Waals surface area (Å²) in [6.07, 6.45) is 1.62. The number of hydrogen-bond acceptors (Lipinski definition) is 4.